The van der Waals surface area contributed by atoms with Gasteiger partial charge in [-0.05, 0) is 45.6 Å². The van der Waals surface area contributed by atoms with Gasteiger partial charge in [0.25, 0.3) is 5.91 Å². The summed E-state index contributed by atoms with van der Waals surface area (Å²) in [7, 11) is 0. The van der Waals surface area contributed by atoms with E-state index in [1.54, 1.807) is 6.07 Å². The molecule has 1 N–H and O–H groups in total. The fourth-order valence-electron chi connectivity index (χ4n) is 2.60. The summed E-state index contributed by atoms with van der Waals surface area (Å²) in [6, 6.07) is 1.79. The maximum absolute atomic E-state index is 12.2. The smallest absolute Gasteiger partial charge is 0.255 e. The van der Waals surface area contributed by atoms with Crippen LogP contribution >= 0.6 is 0 Å². The second-order valence-electron chi connectivity index (χ2n) is 6.90. The summed E-state index contributed by atoms with van der Waals surface area (Å²) in [6.45, 7) is 14.3. The van der Waals surface area contributed by atoms with Crippen LogP contribution in [0.15, 0.2) is 10.5 Å². The molecule has 0 atom stereocenters. The fourth-order valence-corrected chi connectivity index (χ4v) is 2.60. The Bertz CT molecular complexity index is 436. The van der Waals surface area contributed by atoms with Crippen LogP contribution in [-0.4, -0.2) is 11.4 Å². The molecule has 1 aromatic rings. The zero-order valence-corrected chi connectivity index (χ0v) is 12.6. The minimum atomic E-state index is -0.229. The fraction of sp³-hybridized carbons (Fsp3) is 0.667. The van der Waals surface area contributed by atoms with Gasteiger partial charge < -0.3 is 9.73 Å². The predicted octanol–water partition coefficient (Wildman–Crippen LogP) is 3.84. The Morgan fingerprint density at radius 1 is 1.22 bits per heavy atom. The Morgan fingerprint density at radius 3 is 2.17 bits per heavy atom. The molecule has 0 bridgehead atoms. The first-order valence-corrected chi connectivity index (χ1v) is 6.40. The first-order chi connectivity index (χ1) is 8.00. The van der Waals surface area contributed by atoms with Gasteiger partial charge in [0.05, 0.1) is 5.56 Å². The maximum atomic E-state index is 12.2. The summed E-state index contributed by atoms with van der Waals surface area (Å²) in [5.74, 6) is 1.39. The summed E-state index contributed by atoms with van der Waals surface area (Å²) in [4.78, 5) is 12.2. The molecule has 0 aliphatic rings. The molecule has 0 radical (unpaired) electrons. The second-order valence-corrected chi connectivity index (χ2v) is 6.90. The van der Waals surface area contributed by atoms with Gasteiger partial charge in [-0.15, -0.1) is 0 Å². The van der Waals surface area contributed by atoms with Gasteiger partial charge in [-0.2, -0.15) is 0 Å². The molecule has 0 fully saturated rings. The van der Waals surface area contributed by atoms with E-state index in [1.165, 1.54) is 0 Å². The number of nitrogens with one attached hydrogen (secondary N) is 1. The van der Waals surface area contributed by atoms with Crippen LogP contribution in [0.25, 0.3) is 0 Å². The second kappa shape index (κ2) is 4.79. The normalized spacial score (nSPS) is 12.6. The lowest BCUT2D eigenvalue weighted by atomic mass is 9.81. The highest BCUT2D eigenvalue weighted by Crippen LogP contribution is 2.27. The molecular weight excluding hydrogens is 226 g/mol. The summed E-state index contributed by atoms with van der Waals surface area (Å²) < 4.78 is 5.39. The molecule has 0 unspecified atom stereocenters. The molecule has 0 aliphatic carbocycles. The van der Waals surface area contributed by atoms with Crippen molar-refractivity contribution >= 4 is 5.91 Å². The van der Waals surface area contributed by atoms with E-state index in [0.29, 0.717) is 11.3 Å². The number of hydrogen-bond acceptors (Lipinski definition) is 2. The third-order valence-electron chi connectivity index (χ3n) is 2.71. The Balaban J connectivity index is 2.79. The number of carbonyl (C=O) groups excluding carboxylic acids is 1. The van der Waals surface area contributed by atoms with Crippen LogP contribution in [0, 0.1) is 19.3 Å². The lowest BCUT2D eigenvalue weighted by molar-refractivity contribution is 0.0890. The van der Waals surface area contributed by atoms with E-state index in [0.717, 1.165) is 12.2 Å². The summed E-state index contributed by atoms with van der Waals surface area (Å²) in [5, 5.41) is 3.08. The minimum absolute atomic E-state index is 0.0569. The van der Waals surface area contributed by atoms with E-state index in [4.69, 9.17) is 4.42 Å². The van der Waals surface area contributed by atoms with Gasteiger partial charge >= 0.3 is 0 Å². The van der Waals surface area contributed by atoms with Crippen molar-refractivity contribution in [3.05, 3.63) is 23.2 Å². The largest absolute Gasteiger partial charge is 0.466 e. The first kappa shape index (κ1) is 14.8. The van der Waals surface area contributed by atoms with Gasteiger partial charge in [0.15, 0.2) is 0 Å². The molecule has 0 saturated heterocycles. The Morgan fingerprint density at radius 2 is 1.78 bits per heavy atom. The van der Waals surface area contributed by atoms with E-state index in [1.807, 2.05) is 13.8 Å². The van der Waals surface area contributed by atoms with Gasteiger partial charge in [-0.25, -0.2) is 0 Å². The summed E-state index contributed by atoms with van der Waals surface area (Å²) in [5.41, 5.74) is 0.583. The van der Waals surface area contributed by atoms with Gasteiger partial charge in [0.2, 0.25) is 0 Å². The number of furan rings is 1. The lowest BCUT2D eigenvalue weighted by Crippen LogP contribution is -2.45. The SMILES string of the molecule is Cc1cc(C(=O)NC(C)(C)CC(C)(C)C)c(C)o1. The highest BCUT2D eigenvalue weighted by molar-refractivity contribution is 5.95. The Kier molecular flexibility index (Phi) is 3.94. The minimum Gasteiger partial charge on any atom is -0.466 e. The van der Waals surface area contributed by atoms with Crippen LogP contribution in [0.4, 0.5) is 0 Å². The van der Waals surface area contributed by atoms with Crippen molar-refractivity contribution in [2.24, 2.45) is 5.41 Å². The lowest BCUT2D eigenvalue weighted by Gasteiger charge is -2.33. The molecule has 1 amide bonds. The zero-order chi connectivity index (χ0) is 14.1. The molecule has 0 spiro atoms. The number of aryl methyl sites for hydroxylation is 2. The molecule has 0 saturated carbocycles. The van der Waals surface area contributed by atoms with Gasteiger partial charge in [0.1, 0.15) is 11.5 Å². The third-order valence-corrected chi connectivity index (χ3v) is 2.71. The highest BCUT2D eigenvalue weighted by Gasteiger charge is 2.28. The average Bonchev–Trinajstić information content (AvgIpc) is 2.39. The van der Waals surface area contributed by atoms with Crippen molar-refractivity contribution in [3.8, 4) is 0 Å². The molecular formula is C15H25NO2. The topological polar surface area (TPSA) is 42.2 Å². The Labute approximate surface area is 110 Å². The highest BCUT2D eigenvalue weighted by atomic mass is 16.3. The van der Waals surface area contributed by atoms with E-state index >= 15 is 0 Å². The van der Waals surface area contributed by atoms with Gasteiger partial charge in [0, 0.05) is 5.54 Å². The van der Waals surface area contributed by atoms with Crippen molar-refractivity contribution in [1.82, 2.24) is 5.32 Å². The van der Waals surface area contributed by atoms with E-state index in [9.17, 15) is 4.79 Å². The molecule has 1 heterocycles. The van der Waals surface area contributed by atoms with E-state index in [-0.39, 0.29) is 16.9 Å². The van der Waals surface area contributed by atoms with Crippen molar-refractivity contribution in [2.75, 3.05) is 0 Å². The molecule has 102 valence electrons. The van der Waals surface area contributed by atoms with Gasteiger partial charge in [-0.1, -0.05) is 20.8 Å². The predicted molar refractivity (Wildman–Crippen MR) is 73.8 cm³/mol. The molecule has 3 heteroatoms. The van der Waals surface area contributed by atoms with Crippen LogP contribution in [0.5, 0.6) is 0 Å². The molecule has 18 heavy (non-hydrogen) atoms. The maximum Gasteiger partial charge on any atom is 0.255 e. The van der Waals surface area contributed by atoms with Crippen molar-refractivity contribution in [1.29, 1.82) is 0 Å². The van der Waals surface area contributed by atoms with Gasteiger partial charge in [-0.3, -0.25) is 4.79 Å². The number of hydrogen-bond donors (Lipinski definition) is 1. The van der Waals surface area contributed by atoms with Crippen molar-refractivity contribution < 1.29 is 9.21 Å². The van der Waals surface area contributed by atoms with Crippen LogP contribution in [-0.2, 0) is 0 Å². The molecule has 0 aromatic carbocycles. The number of carbonyl (C=O) groups is 1. The molecule has 0 aliphatic heterocycles. The van der Waals surface area contributed by atoms with Crippen LogP contribution in [0.2, 0.25) is 0 Å². The van der Waals surface area contributed by atoms with Crippen LogP contribution in [0.3, 0.4) is 0 Å². The van der Waals surface area contributed by atoms with E-state index in [2.05, 4.69) is 39.9 Å². The third kappa shape index (κ3) is 4.21. The number of amides is 1. The number of rotatable bonds is 3. The molecule has 1 aromatic heterocycles. The van der Waals surface area contributed by atoms with Crippen LogP contribution in [0.1, 0.15) is 62.9 Å². The van der Waals surface area contributed by atoms with E-state index < -0.39 is 0 Å². The quantitative estimate of drug-likeness (QED) is 0.886. The average molecular weight is 251 g/mol. The molecule has 3 nitrogen and oxygen atoms in total. The summed E-state index contributed by atoms with van der Waals surface area (Å²) in [6.07, 6.45) is 0.918. The molecule has 1 rings (SSSR count). The standard InChI is InChI=1S/C15H25NO2/c1-10-8-12(11(2)18-10)13(17)16-15(6,7)9-14(3,4)5/h8H,9H2,1-7H3,(H,16,17). The summed E-state index contributed by atoms with van der Waals surface area (Å²) >= 11 is 0. The zero-order valence-electron chi connectivity index (χ0n) is 12.6. The van der Waals surface area contributed by atoms with Crippen molar-refractivity contribution in [3.63, 3.8) is 0 Å². The monoisotopic (exact) mass is 251 g/mol. The first-order valence-electron chi connectivity index (χ1n) is 6.40. The Hall–Kier alpha value is -1.25. The van der Waals surface area contributed by atoms with Crippen molar-refractivity contribution in [2.45, 2.75) is 60.4 Å². The van der Waals surface area contributed by atoms with Crippen LogP contribution < -0.4 is 5.32 Å².